The maximum absolute atomic E-state index is 10.6. The second kappa shape index (κ2) is 8.29. The van der Waals surface area contributed by atoms with Gasteiger partial charge in [0.25, 0.3) is 0 Å². The van der Waals surface area contributed by atoms with Crippen molar-refractivity contribution in [3.05, 3.63) is 35.4 Å². The molecule has 1 aromatic rings. The van der Waals surface area contributed by atoms with Crippen LogP contribution in [0.2, 0.25) is 0 Å². The van der Waals surface area contributed by atoms with Crippen molar-refractivity contribution in [1.29, 1.82) is 0 Å². The van der Waals surface area contributed by atoms with Crippen LogP contribution in [0.25, 0.3) is 0 Å². The van der Waals surface area contributed by atoms with E-state index < -0.39 is 5.97 Å². The largest absolute Gasteiger partial charge is 0.481 e. The number of aliphatic carboxylic acids is 1. The summed E-state index contributed by atoms with van der Waals surface area (Å²) in [6.45, 7) is 5.89. The molecule has 0 radical (unpaired) electrons. The first-order valence-electron chi connectivity index (χ1n) is 6.76. The number of carboxylic acid groups (broad SMARTS) is 1. The smallest absolute Gasteiger partial charge is 0.307 e. The van der Waals surface area contributed by atoms with Gasteiger partial charge in [0.2, 0.25) is 0 Å². The van der Waals surface area contributed by atoms with Gasteiger partial charge in [-0.3, -0.25) is 9.79 Å². The lowest BCUT2D eigenvalue weighted by atomic mass is 10.1. The molecule has 2 N–H and O–H groups in total. The van der Waals surface area contributed by atoms with E-state index >= 15 is 0 Å². The third-order valence-electron chi connectivity index (χ3n) is 2.62. The second-order valence-electron chi connectivity index (χ2n) is 4.42. The molecule has 0 saturated carbocycles. The molecule has 104 valence electrons. The highest BCUT2D eigenvalue weighted by Gasteiger charge is 2.04. The van der Waals surface area contributed by atoms with E-state index in [0.29, 0.717) is 0 Å². The van der Waals surface area contributed by atoms with Gasteiger partial charge in [0.05, 0.1) is 6.42 Å². The summed E-state index contributed by atoms with van der Waals surface area (Å²) in [6.07, 6.45) is 2.11. The van der Waals surface area contributed by atoms with Gasteiger partial charge in [-0.2, -0.15) is 0 Å². The van der Waals surface area contributed by atoms with Crippen LogP contribution < -0.4 is 5.32 Å². The zero-order chi connectivity index (χ0) is 14.1. The molecule has 0 bridgehead atoms. The van der Waals surface area contributed by atoms with Gasteiger partial charge in [0, 0.05) is 18.7 Å². The van der Waals surface area contributed by atoms with Gasteiger partial charge in [-0.05, 0) is 18.4 Å². The van der Waals surface area contributed by atoms with E-state index in [1.807, 2.05) is 24.3 Å². The van der Waals surface area contributed by atoms with Crippen LogP contribution in [-0.4, -0.2) is 30.0 Å². The number of rotatable bonds is 7. The van der Waals surface area contributed by atoms with E-state index in [1.54, 1.807) is 0 Å². The molecule has 0 aliphatic rings. The molecule has 0 heterocycles. The Morgan fingerprint density at radius 1 is 1.21 bits per heavy atom. The number of benzene rings is 1. The average Bonchev–Trinajstić information content (AvgIpc) is 2.39. The number of amidine groups is 1. The zero-order valence-electron chi connectivity index (χ0n) is 11.6. The van der Waals surface area contributed by atoms with Crippen LogP contribution >= 0.6 is 0 Å². The topological polar surface area (TPSA) is 61.7 Å². The molecule has 0 atom stereocenters. The molecule has 0 aromatic heterocycles. The zero-order valence-corrected chi connectivity index (χ0v) is 11.6. The Bertz CT molecular complexity index is 424. The van der Waals surface area contributed by atoms with Crippen molar-refractivity contribution in [3.8, 4) is 0 Å². The molecule has 0 spiro atoms. The molecule has 4 nitrogen and oxygen atoms in total. The van der Waals surface area contributed by atoms with Crippen LogP contribution in [0, 0.1) is 0 Å². The number of carbonyl (C=O) groups is 1. The SMILES string of the molecule is CCCN=C(NCCC)c1ccc(CC(=O)O)cc1. The molecule has 1 rings (SSSR count). The summed E-state index contributed by atoms with van der Waals surface area (Å²) in [6, 6.07) is 7.54. The highest BCUT2D eigenvalue weighted by atomic mass is 16.4. The summed E-state index contributed by atoms with van der Waals surface area (Å²) in [4.78, 5) is 15.2. The minimum Gasteiger partial charge on any atom is -0.481 e. The Kier molecular flexibility index (Phi) is 6.64. The number of hydrogen-bond acceptors (Lipinski definition) is 2. The van der Waals surface area contributed by atoms with Crippen molar-refractivity contribution in [2.45, 2.75) is 33.1 Å². The number of nitrogens with zero attached hydrogens (tertiary/aromatic N) is 1. The molecule has 0 fully saturated rings. The van der Waals surface area contributed by atoms with Gasteiger partial charge in [-0.15, -0.1) is 0 Å². The molecule has 0 aliphatic carbocycles. The first-order chi connectivity index (χ1) is 9.17. The van der Waals surface area contributed by atoms with Gasteiger partial charge in [-0.25, -0.2) is 0 Å². The first kappa shape index (κ1) is 15.2. The minimum absolute atomic E-state index is 0.0596. The van der Waals surface area contributed by atoms with Gasteiger partial charge in [0.1, 0.15) is 5.84 Å². The van der Waals surface area contributed by atoms with Crippen molar-refractivity contribution in [2.75, 3.05) is 13.1 Å². The summed E-state index contributed by atoms with van der Waals surface area (Å²) in [7, 11) is 0. The summed E-state index contributed by atoms with van der Waals surface area (Å²) < 4.78 is 0. The van der Waals surface area contributed by atoms with Crippen LogP contribution in [-0.2, 0) is 11.2 Å². The van der Waals surface area contributed by atoms with Crippen LogP contribution in [0.3, 0.4) is 0 Å². The number of carboxylic acids is 1. The first-order valence-corrected chi connectivity index (χ1v) is 6.76. The third-order valence-corrected chi connectivity index (χ3v) is 2.62. The standard InChI is InChI=1S/C15H22N2O2/c1-3-9-16-15(17-10-4-2)13-7-5-12(6-8-13)11-14(18)19/h5-8H,3-4,9-11H2,1-2H3,(H,16,17)(H,18,19). The fourth-order valence-electron chi connectivity index (χ4n) is 1.67. The van der Waals surface area contributed by atoms with Crippen LogP contribution in [0.1, 0.15) is 37.8 Å². The van der Waals surface area contributed by atoms with Crippen molar-refractivity contribution in [2.24, 2.45) is 4.99 Å². The summed E-state index contributed by atoms with van der Waals surface area (Å²) >= 11 is 0. The molecule has 0 unspecified atom stereocenters. The second-order valence-corrected chi connectivity index (χ2v) is 4.42. The normalized spacial score (nSPS) is 11.4. The summed E-state index contributed by atoms with van der Waals surface area (Å²) in [5.41, 5.74) is 1.82. The lowest BCUT2D eigenvalue weighted by Crippen LogP contribution is -2.25. The highest BCUT2D eigenvalue weighted by Crippen LogP contribution is 2.06. The van der Waals surface area contributed by atoms with E-state index in [4.69, 9.17) is 5.11 Å². The van der Waals surface area contributed by atoms with Crippen LogP contribution in [0.5, 0.6) is 0 Å². The van der Waals surface area contributed by atoms with Crippen molar-refractivity contribution >= 4 is 11.8 Å². The molecule has 4 heteroatoms. The molecular weight excluding hydrogens is 240 g/mol. The molecule has 19 heavy (non-hydrogen) atoms. The summed E-state index contributed by atoms with van der Waals surface area (Å²) in [5.74, 6) is 0.0855. The molecule has 0 saturated heterocycles. The number of aliphatic imine (C=N–C) groups is 1. The number of nitrogens with one attached hydrogen (secondary N) is 1. The Hall–Kier alpha value is -1.84. The summed E-state index contributed by atoms with van der Waals surface area (Å²) in [5, 5.41) is 12.1. The lowest BCUT2D eigenvalue weighted by Gasteiger charge is -2.10. The van der Waals surface area contributed by atoms with Gasteiger partial charge >= 0.3 is 5.97 Å². The minimum atomic E-state index is -0.809. The van der Waals surface area contributed by atoms with Crippen LogP contribution in [0.4, 0.5) is 0 Å². The molecule has 1 aromatic carbocycles. The monoisotopic (exact) mass is 262 g/mol. The fraction of sp³-hybridized carbons (Fsp3) is 0.467. The Morgan fingerprint density at radius 2 is 1.89 bits per heavy atom. The van der Waals surface area contributed by atoms with Crippen LogP contribution in [0.15, 0.2) is 29.3 Å². The van der Waals surface area contributed by atoms with E-state index in [0.717, 1.165) is 42.9 Å². The fourth-order valence-corrected chi connectivity index (χ4v) is 1.67. The third kappa shape index (κ3) is 5.55. The predicted molar refractivity (Wildman–Crippen MR) is 77.8 cm³/mol. The van der Waals surface area contributed by atoms with Crippen molar-refractivity contribution < 1.29 is 9.90 Å². The Balaban J connectivity index is 2.81. The van der Waals surface area contributed by atoms with Gasteiger partial charge in [-0.1, -0.05) is 38.1 Å². The van der Waals surface area contributed by atoms with Gasteiger partial charge in [0.15, 0.2) is 0 Å². The molecule has 0 aliphatic heterocycles. The maximum atomic E-state index is 10.6. The van der Waals surface area contributed by atoms with Crippen molar-refractivity contribution in [3.63, 3.8) is 0 Å². The highest BCUT2D eigenvalue weighted by molar-refractivity contribution is 5.98. The Morgan fingerprint density at radius 3 is 2.42 bits per heavy atom. The average molecular weight is 262 g/mol. The maximum Gasteiger partial charge on any atom is 0.307 e. The molecular formula is C15H22N2O2. The van der Waals surface area contributed by atoms with Gasteiger partial charge < -0.3 is 10.4 Å². The van der Waals surface area contributed by atoms with E-state index in [-0.39, 0.29) is 6.42 Å². The molecule has 0 amide bonds. The predicted octanol–water partition coefficient (Wildman–Crippen LogP) is 2.47. The lowest BCUT2D eigenvalue weighted by molar-refractivity contribution is -0.136. The van der Waals surface area contributed by atoms with Crippen molar-refractivity contribution in [1.82, 2.24) is 5.32 Å². The van der Waals surface area contributed by atoms with E-state index in [2.05, 4.69) is 24.2 Å². The quantitative estimate of drug-likeness (QED) is 0.586. The van der Waals surface area contributed by atoms with E-state index in [9.17, 15) is 4.79 Å². The number of hydrogen-bond donors (Lipinski definition) is 2. The van der Waals surface area contributed by atoms with E-state index in [1.165, 1.54) is 0 Å². The Labute approximate surface area is 114 Å².